The number of hydrogen-bond donors (Lipinski definition) is 9. The first kappa shape index (κ1) is 29.4. The number of aliphatic imine (C=N–C) groups is 1. The van der Waals surface area contributed by atoms with Gasteiger partial charge in [0.05, 0.1) is 12.6 Å². The summed E-state index contributed by atoms with van der Waals surface area (Å²) in [6.45, 7) is 2.83. The topological polar surface area (TPSA) is 235 Å². The Morgan fingerprint density at radius 1 is 1.03 bits per heavy atom. The van der Waals surface area contributed by atoms with Crippen molar-refractivity contribution in [1.29, 1.82) is 0 Å². The largest absolute Gasteiger partial charge is 0.480 e. The number of aliphatic carboxylic acids is 1. The van der Waals surface area contributed by atoms with Crippen molar-refractivity contribution < 1.29 is 29.4 Å². The lowest BCUT2D eigenvalue weighted by Gasteiger charge is -2.25. The summed E-state index contributed by atoms with van der Waals surface area (Å²) in [5, 5.41) is 26.0. The highest BCUT2D eigenvalue weighted by molar-refractivity contribution is 7.80. The molecule has 0 aliphatic heterocycles. The van der Waals surface area contributed by atoms with E-state index in [1.54, 1.807) is 13.8 Å². The van der Waals surface area contributed by atoms with Crippen molar-refractivity contribution >= 4 is 42.3 Å². The number of nitrogens with one attached hydrogen (secondary N) is 3. The summed E-state index contributed by atoms with van der Waals surface area (Å²) >= 11 is 3.94. The molecule has 0 aromatic carbocycles. The summed E-state index contributed by atoms with van der Waals surface area (Å²) in [6.07, 6.45) is 0.915. The number of aliphatic hydroxyl groups is 1. The Hall–Kier alpha value is -2.58. The van der Waals surface area contributed by atoms with Crippen molar-refractivity contribution in [3.05, 3.63) is 0 Å². The average Bonchev–Trinajstić information content (AvgIpc) is 2.75. The minimum atomic E-state index is -1.43. The lowest BCUT2D eigenvalue weighted by molar-refractivity contribution is -0.144. The van der Waals surface area contributed by atoms with E-state index in [0.717, 1.165) is 0 Å². The summed E-state index contributed by atoms with van der Waals surface area (Å²) in [4.78, 5) is 52.5. The SMILES string of the molecule is CCC(C)C(NC(=O)C(CO)NC(=O)C(CCCN=C(N)N)NC(=O)C(N)CS)C(=O)O. The Kier molecular flexibility index (Phi) is 14.0. The predicted octanol–water partition coefficient (Wildman–Crippen LogP) is -3.13. The van der Waals surface area contributed by atoms with Crippen LogP contribution in [0.2, 0.25) is 0 Å². The summed E-state index contributed by atoms with van der Waals surface area (Å²) in [5.74, 6) is -3.96. The van der Waals surface area contributed by atoms with E-state index in [9.17, 15) is 29.4 Å². The highest BCUT2D eigenvalue weighted by Gasteiger charge is 2.31. The zero-order valence-electron chi connectivity index (χ0n) is 18.3. The molecule has 32 heavy (non-hydrogen) atoms. The van der Waals surface area contributed by atoms with Crippen LogP contribution in [0.5, 0.6) is 0 Å². The van der Waals surface area contributed by atoms with Gasteiger partial charge in [-0.05, 0) is 18.8 Å². The van der Waals surface area contributed by atoms with E-state index < -0.39 is 54.5 Å². The first-order valence-corrected chi connectivity index (χ1v) is 10.8. The van der Waals surface area contributed by atoms with Crippen molar-refractivity contribution in [3.8, 4) is 0 Å². The summed E-state index contributed by atoms with van der Waals surface area (Å²) in [7, 11) is 0. The fraction of sp³-hybridized carbons (Fsp3) is 0.722. The molecule has 0 aliphatic carbocycles. The average molecular weight is 478 g/mol. The molecular formula is C18H35N7O6S. The Balaban J connectivity index is 5.31. The van der Waals surface area contributed by atoms with Crippen molar-refractivity contribution in [2.24, 2.45) is 28.1 Å². The van der Waals surface area contributed by atoms with Crippen LogP contribution < -0.4 is 33.2 Å². The van der Waals surface area contributed by atoms with Gasteiger partial charge in [-0.2, -0.15) is 12.6 Å². The summed E-state index contributed by atoms with van der Waals surface area (Å²) in [6, 6.07) is -4.68. The highest BCUT2D eigenvalue weighted by Crippen LogP contribution is 2.08. The maximum absolute atomic E-state index is 12.7. The molecule has 0 aromatic heterocycles. The number of hydrogen-bond acceptors (Lipinski definition) is 8. The van der Waals surface area contributed by atoms with Gasteiger partial charge in [0.1, 0.15) is 18.1 Å². The zero-order valence-corrected chi connectivity index (χ0v) is 19.2. The van der Waals surface area contributed by atoms with E-state index in [2.05, 4.69) is 33.6 Å². The molecule has 14 heteroatoms. The predicted molar refractivity (Wildman–Crippen MR) is 122 cm³/mol. The van der Waals surface area contributed by atoms with Gasteiger partial charge < -0.3 is 43.4 Å². The molecule has 5 unspecified atom stereocenters. The van der Waals surface area contributed by atoms with Gasteiger partial charge in [-0.15, -0.1) is 0 Å². The van der Waals surface area contributed by atoms with Crippen LogP contribution in [0.4, 0.5) is 0 Å². The molecule has 0 radical (unpaired) electrons. The molecule has 0 spiro atoms. The number of rotatable bonds is 15. The van der Waals surface area contributed by atoms with E-state index in [1.807, 2.05) is 0 Å². The molecule has 0 rings (SSSR count). The molecule has 0 bridgehead atoms. The fourth-order valence-electron chi connectivity index (χ4n) is 2.54. The number of carbonyl (C=O) groups excluding carboxylic acids is 3. The maximum atomic E-state index is 12.7. The van der Waals surface area contributed by atoms with Crippen molar-refractivity contribution in [2.45, 2.75) is 57.3 Å². The number of carboxylic acids is 1. The monoisotopic (exact) mass is 477 g/mol. The Morgan fingerprint density at radius 2 is 1.59 bits per heavy atom. The lowest BCUT2D eigenvalue weighted by Crippen LogP contribution is -2.58. The molecule has 13 nitrogen and oxygen atoms in total. The van der Waals surface area contributed by atoms with Crippen molar-refractivity contribution in [1.82, 2.24) is 16.0 Å². The van der Waals surface area contributed by atoms with E-state index in [0.29, 0.717) is 12.8 Å². The second-order valence-corrected chi connectivity index (χ2v) is 7.62. The number of carboxylic acid groups (broad SMARTS) is 1. The van der Waals surface area contributed by atoms with Gasteiger partial charge in [0, 0.05) is 12.3 Å². The third-order valence-corrected chi connectivity index (χ3v) is 5.10. The fourth-order valence-corrected chi connectivity index (χ4v) is 2.70. The van der Waals surface area contributed by atoms with E-state index >= 15 is 0 Å². The minimum absolute atomic E-state index is 0.0437. The smallest absolute Gasteiger partial charge is 0.326 e. The molecule has 184 valence electrons. The first-order valence-electron chi connectivity index (χ1n) is 10.1. The molecule has 11 N–H and O–H groups in total. The number of nitrogens with zero attached hydrogens (tertiary/aromatic N) is 1. The summed E-state index contributed by atoms with van der Waals surface area (Å²) in [5.41, 5.74) is 16.1. The van der Waals surface area contributed by atoms with Crippen LogP contribution in [0, 0.1) is 5.92 Å². The minimum Gasteiger partial charge on any atom is -0.480 e. The molecule has 0 saturated heterocycles. The van der Waals surface area contributed by atoms with E-state index in [-0.39, 0.29) is 30.6 Å². The van der Waals surface area contributed by atoms with Gasteiger partial charge in [-0.3, -0.25) is 19.4 Å². The van der Waals surface area contributed by atoms with E-state index in [4.69, 9.17) is 17.2 Å². The molecule has 5 atom stereocenters. The number of guanidine groups is 1. The van der Waals surface area contributed by atoms with Gasteiger partial charge in [-0.1, -0.05) is 20.3 Å². The van der Waals surface area contributed by atoms with Gasteiger partial charge in [0.2, 0.25) is 17.7 Å². The molecule has 0 fully saturated rings. The van der Waals surface area contributed by atoms with Gasteiger partial charge in [0.25, 0.3) is 0 Å². The van der Waals surface area contributed by atoms with Crippen LogP contribution in [-0.2, 0) is 19.2 Å². The standard InChI is InChI=1S/C18H35N7O6S/c1-3-9(2)13(17(30)31)25-16(29)12(7-26)24-15(28)11(5-4-6-22-18(20)21)23-14(27)10(19)8-32/h9-13,26,32H,3-8,19H2,1-2H3,(H,23,27)(H,24,28)(H,25,29)(H,30,31)(H4,20,21,22). The van der Waals surface area contributed by atoms with Crippen LogP contribution in [-0.4, -0.2) is 82.9 Å². The van der Waals surface area contributed by atoms with E-state index in [1.165, 1.54) is 0 Å². The summed E-state index contributed by atoms with van der Waals surface area (Å²) < 4.78 is 0. The van der Waals surface area contributed by atoms with Crippen LogP contribution in [0.25, 0.3) is 0 Å². The van der Waals surface area contributed by atoms with Crippen LogP contribution in [0.3, 0.4) is 0 Å². The highest BCUT2D eigenvalue weighted by atomic mass is 32.1. The molecule has 0 aromatic rings. The molecule has 0 saturated carbocycles. The zero-order chi connectivity index (χ0) is 24.8. The number of amides is 3. The maximum Gasteiger partial charge on any atom is 0.326 e. The first-order chi connectivity index (χ1) is 15.0. The molecule has 3 amide bonds. The molecule has 0 aliphatic rings. The third kappa shape index (κ3) is 10.6. The number of thiol groups is 1. The normalized spacial score (nSPS) is 15.4. The Bertz CT molecular complexity index is 674. The van der Waals surface area contributed by atoms with Gasteiger partial charge in [0.15, 0.2) is 5.96 Å². The second kappa shape index (κ2) is 15.3. The number of nitrogens with two attached hydrogens (primary N) is 3. The van der Waals surface area contributed by atoms with Gasteiger partial charge >= 0.3 is 5.97 Å². The Labute approximate surface area is 192 Å². The third-order valence-electron chi connectivity index (χ3n) is 4.70. The van der Waals surface area contributed by atoms with Crippen LogP contribution in [0.1, 0.15) is 33.1 Å². The molecular weight excluding hydrogens is 442 g/mol. The van der Waals surface area contributed by atoms with Crippen LogP contribution in [0.15, 0.2) is 4.99 Å². The van der Waals surface area contributed by atoms with Crippen molar-refractivity contribution in [3.63, 3.8) is 0 Å². The number of aliphatic hydroxyl groups excluding tert-OH is 1. The second-order valence-electron chi connectivity index (χ2n) is 7.25. The lowest BCUT2D eigenvalue weighted by atomic mass is 9.99. The quantitative estimate of drug-likeness (QED) is 0.0501. The number of carbonyl (C=O) groups is 4. The van der Waals surface area contributed by atoms with Crippen molar-refractivity contribution in [2.75, 3.05) is 18.9 Å². The molecule has 0 heterocycles. The van der Waals surface area contributed by atoms with Gasteiger partial charge in [-0.25, -0.2) is 4.79 Å². The van der Waals surface area contributed by atoms with Crippen LogP contribution >= 0.6 is 12.6 Å². The Morgan fingerprint density at radius 3 is 2.06 bits per heavy atom.